The lowest BCUT2D eigenvalue weighted by atomic mass is 10.1. The number of halogens is 1. The molecule has 1 aliphatic heterocycles. The quantitative estimate of drug-likeness (QED) is 0.913. The van der Waals surface area contributed by atoms with Gasteiger partial charge in [-0.15, -0.1) is 0 Å². The molecular formula is C13H19FN2O2S. The highest BCUT2D eigenvalue weighted by Gasteiger charge is 2.21. The zero-order valence-electron chi connectivity index (χ0n) is 11.2. The Kier molecular flexibility index (Phi) is 4.10. The number of piperidine rings is 1. The number of benzene rings is 1. The van der Waals surface area contributed by atoms with Crippen LogP contribution in [0.5, 0.6) is 0 Å². The number of hydrogen-bond acceptors (Lipinski definition) is 4. The van der Waals surface area contributed by atoms with Crippen molar-refractivity contribution in [2.75, 3.05) is 31.3 Å². The largest absolute Gasteiger partial charge is 0.368 e. The molecule has 2 rings (SSSR count). The summed E-state index contributed by atoms with van der Waals surface area (Å²) in [6.07, 6.45) is 3.16. The SMILES string of the molecule is CNC1CCCN(c2ccc(S(C)(=O)=O)cc2F)C1. The second-order valence-electron chi connectivity index (χ2n) is 4.96. The first-order valence-electron chi connectivity index (χ1n) is 6.33. The van der Waals surface area contributed by atoms with Gasteiger partial charge in [0.1, 0.15) is 5.82 Å². The third kappa shape index (κ3) is 3.25. The molecule has 0 spiro atoms. The predicted molar refractivity (Wildman–Crippen MR) is 73.8 cm³/mol. The van der Waals surface area contributed by atoms with E-state index in [9.17, 15) is 12.8 Å². The average Bonchev–Trinajstić information content (AvgIpc) is 2.37. The number of nitrogens with one attached hydrogen (secondary N) is 1. The van der Waals surface area contributed by atoms with Crippen molar-refractivity contribution >= 4 is 15.5 Å². The van der Waals surface area contributed by atoms with Crippen molar-refractivity contribution < 1.29 is 12.8 Å². The zero-order valence-corrected chi connectivity index (χ0v) is 12.0. The maximum absolute atomic E-state index is 14.1. The van der Waals surface area contributed by atoms with E-state index >= 15 is 0 Å². The minimum absolute atomic E-state index is 0.0240. The standard InChI is InChI=1S/C13H19FN2O2S/c1-15-10-4-3-7-16(9-10)13-6-5-11(8-12(13)14)19(2,17)18/h5-6,8,10,15H,3-4,7,9H2,1-2H3. The van der Waals surface area contributed by atoms with Gasteiger partial charge in [0.05, 0.1) is 10.6 Å². The first-order valence-corrected chi connectivity index (χ1v) is 8.23. The topological polar surface area (TPSA) is 49.4 Å². The minimum atomic E-state index is -3.36. The fourth-order valence-electron chi connectivity index (χ4n) is 2.41. The Morgan fingerprint density at radius 2 is 2.16 bits per heavy atom. The van der Waals surface area contributed by atoms with Crippen molar-refractivity contribution in [3.8, 4) is 0 Å². The van der Waals surface area contributed by atoms with Crippen molar-refractivity contribution in [3.05, 3.63) is 24.0 Å². The van der Waals surface area contributed by atoms with Gasteiger partial charge < -0.3 is 10.2 Å². The van der Waals surface area contributed by atoms with Crippen LogP contribution < -0.4 is 10.2 Å². The van der Waals surface area contributed by atoms with Crippen molar-refractivity contribution in [3.63, 3.8) is 0 Å². The van der Waals surface area contributed by atoms with Crippen LogP contribution >= 0.6 is 0 Å². The molecule has 19 heavy (non-hydrogen) atoms. The summed E-state index contributed by atoms with van der Waals surface area (Å²) in [4.78, 5) is 1.99. The van der Waals surface area contributed by atoms with Crippen molar-refractivity contribution in [1.29, 1.82) is 0 Å². The number of rotatable bonds is 3. The third-order valence-electron chi connectivity index (χ3n) is 3.52. The lowest BCUT2D eigenvalue weighted by Crippen LogP contribution is -2.44. The number of likely N-dealkylation sites (N-methyl/N-ethyl adjacent to an activating group) is 1. The van der Waals surface area contributed by atoms with E-state index in [4.69, 9.17) is 0 Å². The molecule has 0 aliphatic carbocycles. The summed E-state index contributed by atoms with van der Waals surface area (Å²) in [7, 11) is -1.46. The summed E-state index contributed by atoms with van der Waals surface area (Å²) in [5.74, 6) is -0.473. The fourth-order valence-corrected chi connectivity index (χ4v) is 3.04. The van der Waals surface area contributed by atoms with Crippen LogP contribution in [0.15, 0.2) is 23.1 Å². The highest BCUT2D eigenvalue weighted by atomic mass is 32.2. The van der Waals surface area contributed by atoms with E-state index in [2.05, 4.69) is 5.32 Å². The second kappa shape index (κ2) is 5.46. The van der Waals surface area contributed by atoms with Gasteiger partial charge in [-0.2, -0.15) is 0 Å². The smallest absolute Gasteiger partial charge is 0.175 e. The predicted octanol–water partition coefficient (Wildman–Crippen LogP) is 1.42. The molecule has 6 heteroatoms. The third-order valence-corrected chi connectivity index (χ3v) is 4.63. The van der Waals surface area contributed by atoms with E-state index in [1.165, 1.54) is 6.07 Å². The van der Waals surface area contributed by atoms with Crippen LogP contribution in [-0.2, 0) is 9.84 Å². The lowest BCUT2D eigenvalue weighted by molar-refractivity contribution is 0.445. The Labute approximate surface area is 113 Å². The molecular weight excluding hydrogens is 267 g/mol. The summed E-state index contributed by atoms with van der Waals surface area (Å²) in [6.45, 7) is 1.54. The summed E-state index contributed by atoms with van der Waals surface area (Å²) < 4.78 is 36.8. The number of nitrogens with zero attached hydrogens (tertiary/aromatic N) is 1. The molecule has 1 unspecified atom stereocenters. The average molecular weight is 286 g/mol. The van der Waals surface area contributed by atoms with Gasteiger partial charge in [-0.3, -0.25) is 0 Å². The molecule has 1 N–H and O–H groups in total. The molecule has 0 radical (unpaired) electrons. The second-order valence-corrected chi connectivity index (χ2v) is 6.97. The fraction of sp³-hybridized carbons (Fsp3) is 0.538. The highest BCUT2D eigenvalue weighted by Crippen LogP contribution is 2.25. The number of anilines is 1. The molecule has 1 fully saturated rings. The molecule has 0 bridgehead atoms. The van der Waals surface area contributed by atoms with Crippen LogP contribution in [0.2, 0.25) is 0 Å². The summed E-state index contributed by atoms with van der Waals surface area (Å²) in [5, 5.41) is 3.20. The Bertz CT molecular complexity index is 560. The van der Waals surface area contributed by atoms with Gasteiger partial charge in [0.2, 0.25) is 0 Å². The first-order chi connectivity index (χ1) is 8.91. The van der Waals surface area contributed by atoms with Crippen molar-refractivity contribution in [2.45, 2.75) is 23.8 Å². The molecule has 0 amide bonds. The maximum Gasteiger partial charge on any atom is 0.175 e. The van der Waals surface area contributed by atoms with Gasteiger partial charge in [0.25, 0.3) is 0 Å². The molecule has 1 heterocycles. The van der Waals surface area contributed by atoms with E-state index in [1.54, 1.807) is 6.07 Å². The normalized spacial score (nSPS) is 20.6. The van der Waals surface area contributed by atoms with Crippen LogP contribution in [-0.4, -0.2) is 40.9 Å². The van der Waals surface area contributed by atoms with Crippen LogP contribution in [0.4, 0.5) is 10.1 Å². The number of sulfone groups is 1. The Balaban J connectivity index is 2.26. The molecule has 1 aliphatic rings. The Morgan fingerprint density at radius 1 is 1.42 bits per heavy atom. The highest BCUT2D eigenvalue weighted by molar-refractivity contribution is 7.90. The minimum Gasteiger partial charge on any atom is -0.368 e. The van der Waals surface area contributed by atoms with Crippen LogP contribution in [0.25, 0.3) is 0 Å². The number of hydrogen-bond donors (Lipinski definition) is 1. The molecule has 4 nitrogen and oxygen atoms in total. The van der Waals surface area contributed by atoms with Crippen molar-refractivity contribution in [1.82, 2.24) is 5.32 Å². The van der Waals surface area contributed by atoms with E-state index < -0.39 is 15.7 Å². The molecule has 106 valence electrons. The molecule has 1 aromatic rings. The van der Waals surface area contributed by atoms with Gasteiger partial charge >= 0.3 is 0 Å². The zero-order chi connectivity index (χ0) is 14.0. The van der Waals surface area contributed by atoms with Gasteiger partial charge in [0.15, 0.2) is 9.84 Å². The van der Waals surface area contributed by atoms with Crippen LogP contribution in [0, 0.1) is 5.82 Å². The Morgan fingerprint density at radius 3 is 2.74 bits per heavy atom. The maximum atomic E-state index is 14.1. The molecule has 1 atom stereocenters. The first kappa shape index (κ1) is 14.3. The van der Waals surface area contributed by atoms with E-state index in [-0.39, 0.29) is 4.90 Å². The summed E-state index contributed by atoms with van der Waals surface area (Å²) in [5.41, 5.74) is 0.479. The van der Waals surface area contributed by atoms with E-state index in [1.807, 2.05) is 11.9 Å². The molecule has 0 aromatic heterocycles. The summed E-state index contributed by atoms with van der Waals surface area (Å²) in [6, 6.07) is 4.48. The van der Waals surface area contributed by atoms with E-state index in [0.29, 0.717) is 11.7 Å². The van der Waals surface area contributed by atoms with Crippen molar-refractivity contribution in [2.24, 2.45) is 0 Å². The summed E-state index contributed by atoms with van der Waals surface area (Å²) >= 11 is 0. The molecule has 0 saturated carbocycles. The Hall–Kier alpha value is -1.14. The van der Waals surface area contributed by atoms with Gasteiger partial charge in [0, 0.05) is 25.4 Å². The van der Waals surface area contributed by atoms with Crippen LogP contribution in [0.1, 0.15) is 12.8 Å². The van der Waals surface area contributed by atoms with E-state index in [0.717, 1.165) is 38.3 Å². The monoisotopic (exact) mass is 286 g/mol. The van der Waals surface area contributed by atoms with Gasteiger partial charge in [-0.1, -0.05) is 0 Å². The molecule has 1 aromatic carbocycles. The molecule has 1 saturated heterocycles. The van der Waals surface area contributed by atoms with Crippen LogP contribution in [0.3, 0.4) is 0 Å². The van der Waals surface area contributed by atoms with Gasteiger partial charge in [-0.25, -0.2) is 12.8 Å². The van der Waals surface area contributed by atoms with Gasteiger partial charge in [-0.05, 0) is 38.1 Å². The lowest BCUT2D eigenvalue weighted by Gasteiger charge is -2.34.